The SMILES string of the molecule is CCCNCc1cc(Br)c(OCc2ccc(Cl)s2)c(Br)c1. The molecule has 0 saturated carbocycles. The van der Waals surface area contributed by atoms with Gasteiger partial charge in [0.25, 0.3) is 0 Å². The second kappa shape index (κ2) is 8.53. The number of nitrogens with one attached hydrogen (secondary N) is 1. The van der Waals surface area contributed by atoms with Crippen LogP contribution in [0.25, 0.3) is 0 Å². The standard InChI is InChI=1S/C15H16Br2ClNOS/c1-2-5-19-8-10-6-12(16)15(13(17)7-10)20-9-11-3-4-14(18)21-11/h3-4,6-7,19H,2,5,8-9H2,1H3. The minimum absolute atomic E-state index is 0.516. The van der Waals surface area contributed by atoms with Gasteiger partial charge in [-0.25, -0.2) is 0 Å². The minimum atomic E-state index is 0.516. The molecule has 1 N–H and O–H groups in total. The van der Waals surface area contributed by atoms with E-state index < -0.39 is 0 Å². The molecule has 2 rings (SSSR count). The van der Waals surface area contributed by atoms with Gasteiger partial charge < -0.3 is 10.1 Å². The Morgan fingerprint density at radius 3 is 2.52 bits per heavy atom. The third-order valence-corrected chi connectivity index (χ3v) is 5.18. The highest BCUT2D eigenvalue weighted by Gasteiger charge is 2.10. The average molecular weight is 454 g/mol. The first-order valence-corrected chi connectivity index (χ1v) is 9.44. The summed E-state index contributed by atoms with van der Waals surface area (Å²) in [5, 5.41) is 3.39. The summed E-state index contributed by atoms with van der Waals surface area (Å²) < 4.78 is 8.57. The highest BCUT2D eigenvalue weighted by molar-refractivity contribution is 9.11. The van der Waals surface area contributed by atoms with Crippen molar-refractivity contribution in [3.8, 4) is 5.75 Å². The summed E-state index contributed by atoms with van der Waals surface area (Å²) in [6, 6.07) is 8.05. The summed E-state index contributed by atoms with van der Waals surface area (Å²) in [6.07, 6.45) is 1.13. The summed E-state index contributed by atoms with van der Waals surface area (Å²) in [4.78, 5) is 1.10. The number of rotatable bonds is 7. The van der Waals surface area contributed by atoms with Gasteiger partial charge in [-0.15, -0.1) is 11.3 Å². The normalized spacial score (nSPS) is 10.9. The molecule has 0 spiro atoms. The van der Waals surface area contributed by atoms with Gasteiger partial charge in [0.1, 0.15) is 12.4 Å². The Morgan fingerprint density at radius 1 is 1.24 bits per heavy atom. The molecule has 2 aromatic rings. The Hall–Kier alpha value is -0.0700. The summed E-state index contributed by atoms with van der Waals surface area (Å²) in [6.45, 7) is 4.55. The Labute approximate surface area is 151 Å². The molecule has 0 saturated heterocycles. The maximum Gasteiger partial charge on any atom is 0.148 e. The molecule has 6 heteroatoms. The maximum absolute atomic E-state index is 5.92. The maximum atomic E-state index is 5.92. The lowest BCUT2D eigenvalue weighted by Gasteiger charge is -2.12. The average Bonchev–Trinajstić information content (AvgIpc) is 2.84. The van der Waals surface area contributed by atoms with E-state index in [0.717, 1.165) is 43.4 Å². The van der Waals surface area contributed by atoms with E-state index in [1.165, 1.54) is 16.9 Å². The van der Waals surface area contributed by atoms with E-state index in [-0.39, 0.29) is 0 Å². The van der Waals surface area contributed by atoms with E-state index >= 15 is 0 Å². The predicted octanol–water partition coefficient (Wildman–Crippen LogP) is 6.01. The van der Waals surface area contributed by atoms with Gasteiger partial charge in [-0.1, -0.05) is 18.5 Å². The van der Waals surface area contributed by atoms with E-state index in [1.807, 2.05) is 12.1 Å². The first kappa shape index (κ1) is 17.3. The Bertz CT molecular complexity index is 580. The molecule has 1 aromatic heterocycles. The van der Waals surface area contributed by atoms with Crippen molar-refractivity contribution in [3.63, 3.8) is 0 Å². The zero-order valence-corrected chi connectivity index (χ0v) is 16.3. The van der Waals surface area contributed by atoms with Crippen LogP contribution in [0.1, 0.15) is 23.8 Å². The molecule has 0 amide bonds. The molecule has 0 aliphatic carbocycles. The zero-order valence-electron chi connectivity index (χ0n) is 11.6. The number of hydrogen-bond acceptors (Lipinski definition) is 3. The molecular weight excluding hydrogens is 437 g/mol. The van der Waals surface area contributed by atoms with Gasteiger partial charge in [0.15, 0.2) is 0 Å². The van der Waals surface area contributed by atoms with Crippen molar-refractivity contribution < 1.29 is 4.74 Å². The van der Waals surface area contributed by atoms with Crippen molar-refractivity contribution in [2.75, 3.05) is 6.54 Å². The third kappa shape index (κ3) is 5.25. The van der Waals surface area contributed by atoms with Gasteiger partial charge in [-0.05, 0) is 74.7 Å². The summed E-state index contributed by atoms with van der Waals surface area (Å²) in [5.74, 6) is 0.818. The predicted molar refractivity (Wildman–Crippen MR) is 97.5 cm³/mol. The fourth-order valence-electron chi connectivity index (χ4n) is 1.83. The summed E-state index contributed by atoms with van der Waals surface area (Å²) in [7, 11) is 0. The summed E-state index contributed by atoms with van der Waals surface area (Å²) >= 11 is 14.6. The van der Waals surface area contributed by atoms with Crippen molar-refractivity contribution in [1.29, 1.82) is 0 Å². The second-order valence-corrected chi connectivity index (χ2v) is 8.07. The van der Waals surface area contributed by atoms with Crippen molar-refractivity contribution in [3.05, 3.63) is 48.0 Å². The van der Waals surface area contributed by atoms with Crippen LogP contribution in [-0.4, -0.2) is 6.54 Å². The molecule has 0 aliphatic heterocycles. The molecule has 0 aliphatic rings. The van der Waals surface area contributed by atoms with Gasteiger partial charge in [-0.2, -0.15) is 0 Å². The molecular formula is C15H16Br2ClNOS. The number of benzene rings is 1. The lowest BCUT2D eigenvalue weighted by molar-refractivity contribution is 0.305. The van der Waals surface area contributed by atoms with Gasteiger partial charge >= 0.3 is 0 Å². The van der Waals surface area contributed by atoms with Gasteiger partial charge in [0.2, 0.25) is 0 Å². The molecule has 0 fully saturated rings. The quantitative estimate of drug-likeness (QED) is 0.519. The van der Waals surface area contributed by atoms with Crippen molar-refractivity contribution in [1.82, 2.24) is 5.32 Å². The molecule has 2 nitrogen and oxygen atoms in total. The van der Waals surface area contributed by atoms with Crippen LogP contribution in [0.5, 0.6) is 5.75 Å². The lowest BCUT2D eigenvalue weighted by atomic mass is 10.2. The third-order valence-electron chi connectivity index (χ3n) is 2.80. The number of halogens is 3. The van der Waals surface area contributed by atoms with E-state index in [0.29, 0.717) is 6.61 Å². The van der Waals surface area contributed by atoms with E-state index in [2.05, 4.69) is 56.2 Å². The van der Waals surface area contributed by atoms with E-state index in [1.54, 1.807) is 0 Å². The minimum Gasteiger partial charge on any atom is -0.486 e. The molecule has 0 atom stereocenters. The van der Waals surface area contributed by atoms with Crippen LogP contribution >= 0.6 is 54.8 Å². The number of hydrogen-bond donors (Lipinski definition) is 1. The van der Waals surface area contributed by atoms with Crippen LogP contribution in [0.4, 0.5) is 0 Å². The van der Waals surface area contributed by atoms with Crippen LogP contribution in [0.15, 0.2) is 33.2 Å². The van der Waals surface area contributed by atoms with Crippen LogP contribution in [0.2, 0.25) is 4.34 Å². The molecule has 0 radical (unpaired) electrons. The van der Waals surface area contributed by atoms with Crippen molar-refractivity contribution in [2.45, 2.75) is 26.5 Å². The molecule has 0 bridgehead atoms. The largest absolute Gasteiger partial charge is 0.486 e. The topological polar surface area (TPSA) is 21.3 Å². The highest BCUT2D eigenvalue weighted by Crippen LogP contribution is 2.36. The lowest BCUT2D eigenvalue weighted by Crippen LogP contribution is -2.13. The van der Waals surface area contributed by atoms with E-state index in [9.17, 15) is 0 Å². The van der Waals surface area contributed by atoms with Gasteiger partial charge in [0, 0.05) is 11.4 Å². The van der Waals surface area contributed by atoms with Crippen LogP contribution < -0.4 is 10.1 Å². The Morgan fingerprint density at radius 2 is 1.95 bits per heavy atom. The smallest absolute Gasteiger partial charge is 0.148 e. The monoisotopic (exact) mass is 451 g/mol. The molecule has 1 aromatic carbocycles. The first-order chi connectivity index (χ1) is 10.1. The van der Waals surface area contributed by atoms with Crippen LogP contribution in [-0.2, 0) is 13.2 Å². The molecule has 21 heavy (non-hydrogen) atoms. The zero-order chi connectivity index (χ0) is 15.2. The number of thiophene rings is 1. The molecule has 114 valence electrons. The highest BCUT2D eigenvalue weighted by atomic mass is 79.9. The Balaban J connectivity index is 2.02. The fraction of sp³-hybridized carbons (Fsp3) is 0.333. The van der Waals surface area contributed by atoms with Crippen LogP contribution in [0, 0.1) is 0 Å². The number of ether oxygens (including phenoxy) is 1. The first-order valence-electron chi connectivity index (χ1n) is 6.65. The van der Waals surface area contributed by atoms with Gasteiger partial charge in [-0.3, -0.25) is 0 Å². The van der Waals surface area contributed by atoms with E-state index in [4.69, 9.17) is 16.3 Å². The fourth-order valence-corrected chi connectivity index (χ4v) is 4.35. The Kier molecular flexibility index (Phi) is 7.02. The summed E-state index contributed by atoms with van der Waals surface area (Å²) in [5.41, 5.74) is 1.22. The second-order valence-electron chi connectivity index (χ2n) is 4.56. The molecule has 1 heterocycles. The van der Waals surface area contributed by atoms with Crippen molar-refractivity contribution >= 4 is 54.8 Å². The van der Waals surface area contributed by atoms with Crippen LogP contribution in [0.3, 0.4) is 0 Å². The van der Waals surface area contributed by atoms with Crippen molar-refractivity contribution in [2.24, 2.45) is 0 Å². The molecule has 0 unspecified atom stereocenters. The van der Waals surface area contributed by atoms with Gasteiger partial charge in [0.05, 0.1) is 13.3 Å².